The van der Waals surface area contributed by atoms with Crippen molar-refractivity contribution in [1.82, 2.24) is 9.78 Å². The Hall–Kier alpha value is -0.540. The van der Waals surface area contributed by atoms with Crippen LogP contribution in [0.4, 0.5) is 0 Å². The number of nitrogens with zero attached hydrogens (tertiary/aromatic N) is 2. The molecule has 0 aliphatic heterocycles. The normalized spacial score (nSPS) is 15.0. The molecule has 0 aliphatic rings. The first-order valence-corrected chi connectivity index (χ1v) is 6.28. The van der Waals surface area contributed by atoms with Gasteiger partial charge in [-0.05, 0) is 32.3 Å². The van der Waals surface area contributed by atoms with E-state index in [-0.39, 0.29) is 5.38 Å². The number of ether oxygens (including phenoxy) is 1. The van der Waals surface area contributed by atoms with Crippen LogP contribution in [-0.2, 0) is 11.2 Å². The lowest BCUT2D eigenvalue weighted by Crippen LogP contribution is -2.09. The van der Waals surface area contributed by atoms with Crippen LogP contribution in [-0.4, -0.2) is 28.9 Å². The van der Waals surface area contributed by atoms with Crippen molar-refractivity contribution in [2.75, 3.05) is 13.7 Å². The Bertz CT molecular complexity index is 301. The molecule has 2 atom stereocenters. The molecule has 4 heteroatoms. The van der Waals surface area contributed by atoms with E-state index in [0.717, 1.165) is 25.0 Å². The molecule has 2 unspecified atom stereocenters. The summed E-state index contributed by atoms with van der Waals surface area (Å²) in [7, 11) is 1.67. The molecule has 0 spiro atoms. The number of methoxy groups -OCH3 is 1. The summed E-state index contributed by atoms with van der Waals surface area (Å²) < 4.78 is 7.02. The molecule has 1 rings (SSSR count). The van der Waals surface area contributed by atoms with Crippen molar-refractivity contribution < 1.29 is 4.74 Å². The van der Waals surface area contributed by atoms with Crippen LogP contribution in [0.15, 0.2) is 12.3 Å². The van der Waals surface area contributed by atoms with Crippen LogP contribution in [0, 0.1) is 0 Å². The Kier molecular flexibility index (Phi) is 5.85. The zero-order chi connectivity index (χ0) is 12.0. The fraction of sp³-hybridized carbons (Fsp3) is 0.750. The number of rotatable bonds is 7. The van der Waals surface area contributed by atoms with Crippen molar-refractivity contribution in [2.45, 2.75) is 44.5 Å². The molecule has 92 valence electrons. The van der Waals surface area contributed by atoms with Crippen LogP contribution in [0.5, 0.6) is 0 Å². The Labute approximate surface area is 103 Å². The minimum atomic E-state index is 0.0822. The van der Waals surface area contributed by atoms with E-state index in [9.17, 15) is 0 Å². The summed E-state index contributed by atoms with van der Waals surface area (Å²) >= 11 is 6.07. The average molecular weight is 245 g/mol. The van der Waals surface area contributed by atoms with Crippen LogP contribution in [0.25, 0.3) is 0 Å². The molecule has 0 saturated carbocycles. The maximum atomic E-state index is 6.07. The third kappa shape index (κ3) is 4.14. The van der Waals surface area contributed by atoms with Gasteiger partial charge in [-0.15, -0.1) is 11.6 Å². The van der Waals surface area contributed by atoms with E-state index in [2.05, 4.69) is 25.0 Å². The van der Waals surface area contributed by atoms with Crippen molar-refractivity contribution >= 4 is 11.6 Å². The highest BCUT2D eigenvalue weighted by atomic mass is 35.5. The summed E-state index contributed by atoms with van der Waals surface area (Å²) in [6, 6.07) is 2.54. The van der Waals surface area contributed by atoms with Gasteiger partial charge < -0.3 is 4.74 Å². The first-order valence-electron chi connectivity index (χ1n) is 5.84. The predicted molar refractivity (Wildman–Crippen MR) is 67.1 cm³/mol. The van der Waals surface area contributed by atoms with Gasteiger partial charge in [-0.2, -0.15) is 5.10 Å². The molecule has 0 radical (unpaired) electrons. The monoisotopic (exact) mass is 244 g/mol. The number of hydrogen-bond donors (Lipinski definition) is 0. The maximum Gasteiger partial charge on any atom is 0.0626 e. The van der Waals surface area contributed by atoms with Gasteiger partial charge in [0.25, 0.3) is 0 Å². The van der Waals surface area contributed by atoms with E-state index in [4.69, 9.17) is 16.3 Å². The van der Waals surface area contributed by atoms with E-state index in [0.29, 0.717) is 12.6 Å². The van der Waals surface area contributed by atoms with Gasteiger partial charge >= 0.3 is 0 Å². The van der Waals surface area contributed by atoms with E-state index < -0.39 is 0 Å². The molecule has 16 heavy (non-hydrogen) atoms. The van der Waals surface area contributed by atoms with Gasteiger partial charge in [0.05, 0.1) is 17.7 Å². The predicted octanol–water partition coefficient (Wildman–Crippen LogP) is 3.04. The van der Waals surface area contributed by atoms with Crippen molar-refractivity contribution in [3.05, 3.63) is 18.0 Å². The van der Waals surface area contributed by atoms with E-state index in [1.54, 1.807) is 7.11 Å². The molecule has 1 aromatic rings. The SMILES string of the molecule is CCC(C)n1ccc(CCC(Cl)COC)n1. The zero-order valence-corrected chi connectivity index (χ0v) is 11.1. The summed E-state index contributed by atoms with van der Waals surface area (Å²) in [5.41, 5.74) is 1.11. The third-order valence-corrected chi connectivity index (χ3v) is 3.11. The van der Waals surface area contributed by atoms with Gasteiger partial charge in [0.2, 0.25) is 0 Å². The van der Waals surface area contributed by atoms with Crippen LogP contribution in [0.3, 0.4) is 0 Å². The molecule has 0 aromatic carbocycles. The summed E-state index contributed by atoms with van der Waals surface area (Å²) in [6.07, 6.45) is 4.97. The van der Waals surface area contributed by atoms with Gasteiger partial charge in [-0.1, -0.05) is 6.92 Å². The zero-order valence-electron chi connectivity index (χ0n) is 10.3. The molecule has 0 amide bonds. The maximum absolute atomic E-state index is 6.07. The Morgan fingerprint density at radius 3 is 2.94 bits per heavy atom. The Balaban J connectivity index is 2.40. The highest BCUT2D eigenvalue weighted by Crippen LogP contribution is 2.12. The lowest BCUT2D eigenvalue weighted by molar-refractivity contribution is 0.195. The van der Waals surface area contributed by atoms with E-state index in [1.807, 2.05) is 10.9 Å². The molecule has 3 nitrogen and oxygen atoms in total. The van der Waals surface area contributed by atoms with Crippen molar-refractivity contribution in [1.29, 1.82) is 0 Å². The van der Waals surface area contributed by atoms with Crippen LogP contribution in [0.2, 0.25) is 0 Å². The minimum Gasteiger partial charge on any atom is -0.383 e. The summed E-state index contributed by atoms with van der Waals surface area (Å²) in [5.74, 6) is 0. The lowest BCUT2D eigenvalue weighted by Gasteiger charge is -2.08. The third-order valence-electron chi connectivity index (χ3n) is 2.77. The number of aryl methyl sites for hydroxylation is 1. The first kappa shape index (κ1) is 13.5. The minimum absolute atomic E-state index is 0.0822. The quantitative estimate of drug-likeness (QED) is 0.690. The summed E-state index contributed by atoms with van der Waals surface area (Å²) in [4.78, 5) is 0. The molecule has 0 bridgehead atoms. The molecule has 1 aromatic heterocycles. The largest absolute Gasteiger partial charge is 0.383 e. The molecule has 0 fully saturated rings. The highest BCUT2D eigenvalue weighted by molar-refractivity contribution is 6.20. The van der Waals surface area contributed by atoms with Crippen LogP contribution < -0.4 is 0 Å². The van der Waals surface area contributed by atoms with E-state index >= 15 is 0 Å². The summed E-state index contributed by atoms with van der Waals surface area (Å²) in [6.45, 7) is 4.94. The Morgan fingerprint density at radius 2 is 2.31 bits per heavy atom. The van der Waals surface area contributed by atoms with Crippen molar-refractivity contribution in [3.8, 4) is 0 Å². The number of aromatic nitrogens is 2. The van der Waals surface area contributed by atoms with Gasteiger partial charge in [-0.3, -0.25) is 4.68 Å². The summed E-state index contributed by atoms with van der Waals surface area (Å²) in [5, 5.41) is 4.61. The Morgan fingerprint density at radius 1 is 1.56 bits per heavy atom. The van der Waals surface area contributed by atoms with Gasteiger partial charge in [-0.25, -0.2) is 0 Å². The number of halogens is 1. The molecule has 0 N–H and O–H groups in total. The second-order valence-electron chi connectivity index (χ2n) is 4.14. The van der Waals surface area contributed by atoms with Crippen LogP contribution >= 0.6 is 11.6 Å². The smallest absolute Gasteiger partial charge is 0.0626 e. The van der Waals surface area contributed by atoms with Gasteiger partial charge in [0.15, 0.2) is 0 Å². The standard InChI is InChI=1S/C12H21ClN2O/c1-4-10(2)15-8-7-12(14-15)6-5-11(13)9-16-3/h7-8,10-11H,4-6,9H2,1-3H3. The molecule has 1 heterocycles. The molecule has 0 saturated heterocycles. The second kappa shape index (κ2) is 6.92. The second-order valence-corrected chi connectivity index (χ2v) is 4.75. The number of alkyl halides is 1. The van der Waals surface area contributed by atoms with Gasteiger partial charge in [0.1, 0.15) is 0 Å². The topological polar surface area (TPSA) is 27.1 Å². The number of hydrogen-bond acceptors (Lipinski definition) is 2. The van der Waals surface area contributed by atoms with E-state index in [1.165, 1.54) is 0 Å². The van der Waals surface area contributed by atoms with Crippen molar-refractivity contribution in [3.63, 3.8) is 0 Å². The molecular formula is C12H21ClN2O. The molecule has 0 aliphatic carbocycles. The first-order chi connectivity index (χ1) is 7.67. The van der Waals surface area contributed by atoms with Crippen LogP contribution in [0.1, 0.15) is 38.4 Å². The highest BCUT2D eigenvalue weighted by Gasteiger charge is 2.08. The lowest BCUT2D eigenvalue weighted by atomic mass is 10.2. The molecular weight excluding hydrogens is 224 g/mol. The average Bonchev–Trinajstić information content (AvgIpc) is 2.74. The van der Waals surface area contributed by atoms with Crippen molar-refractivity contribution in [2.24, 2.45) is 0 Å². The fourth-order valence-electron chi connectivity index (χ4n) is 1.51. The fourth-order valence-corrected chi connectivity index (χ4v) is 1.75. The van der Waals surface area contributed by atoms with Gasteiger partial charge in [0, 0.05) is 19.3 Å².